The predicted octanol–water partition coefficient (Wildman–Crippen LogP) is 8.19. The first-order valence-corrected chi connectivity index (χ1v) is 16.0. The van der Waals surface area contributed by atoms with Gasteiger partial charge in [-0.25, -0.2) is 21.6 Å². The van der Waals surface area contributed by atoms with E-state index >= 15 is 0 Å². The van der Waals surface area contributed by atoms with Crippen molar-refractivity contribution in [2.24, 2.45) is 0 Å². The molecule has 0 saturated heterocycles. The Balaban J connectivity index is 0.00000290. The van der Waals surface area contributed by atoms with E-state index in [0.29, 0.717) is 48.5 Å². The monoisotopic (exact) mass is 672 g/mol. The van der Waals surface area contributed by atoms with E-state index in [0.717, 1.165) is 25.3 Å². The molecule has 0 unspecified atom stereocenters. The number of carbonyl (C=O) groups excluding carboxylic acids is 1. The molecule has 0 fully saturated rings. The molecule has 246 valence electrons. The first-order valence-electron chi connectivity index (χ1n) is 13.1. The maximum atomic E-state index is 12.8. The fourth-order valence-corrected chi connectivity index (χ4v) is 5.17. The Kier molecular flexibility index (Phi) is 15.4. The third-order valence-corrected chi connectivity index (χ3v) is 7.68. The largest absolute Gasteiger partial charge is 0.465 e. The van der Waals surface area contributed by atoms with Crippen LogP contribution in [0.5, 0.6) is 0 Å². The van der Waals surface area contributed by atoms with Gasteiger partial charge in [0, 0.05) is 0 Å². The van der Waals surface area contributed by atoms with Crippen molar-refractivity contribution in [1.82, 2.24) is 0 Å². The number of hydrogen-bond acceptors (Lipinski definition) is 6. The fraction of sp³-hybridized carbons (Fsp3) is 0.321. The van der Waals surface area contributed by atoms with Gasteiger partial charge >= 0.3 is 18.3 Å². The standard InChI is InChI=1S/C22H16F6N2O6S2.3C2H6/c1-36-20(31)13-2-11-18(29-37(32,33)16-7-3-14(4-8-16)21(23,24)25)19(12-13)30-38(34,35)17-9-5-15(6-10-17)22(26,27)28;3*1-2/h2-12,29-30H,1H3;3*1-2H3. The number of carbonyl (C=O) groups is 1. The SMILES string of the molecule is CC.CC.CC.COC(=O)c1ccc(NS(=O)(=O)c2ccc(C(F)(F)F)cc2)c(NS(=O)(=O)c2ccc(C(F)(F)F)cc2)c1. The molecule has 3 aromatic rings. The van der Waals surface area contributed by atoms with Crippen LogP contribution in [0.25, 0.3) is 0 Å². The lowest BCUT2D eigenvalue weighted by atomic mass is 10.2. The molecule has 3 aromatic carbocycles. The molecule has 0 atom stereocenters. The third-order valence-electron chi connectivity index (χ3n) is 4.91. The average Bonchev–Trinajstić information content (AvgIpc) is 2.99. The number of methoxy groups -OCH3 is 1. The van der Waals surface area contributed by atoms with E-state index in [1.165, 1.54) is 0 Å². The highest BCUT2D eigenvalue weighted by molar-refractivity contribution is 7.93. The molecule has 0 aliphatic carbocycles. The lowest BCUT2D eigenvalue weighted by molar-refractivity contribution is -0.138. The van der Waals surface area contributed by atoms with E-state index < -0.39 is 70.7 Å². The van der Waals surface area contributed by atoms with Crippen molar-refractivity contribution in [3.05, 3.63) is 83.4 Å². The summed E-state index contributed by atoms with van der Waals surface area (Å²) in [7, 11) is -8.17. The molecule has 3 rings (SSSR count). The summed E-state index contributed by atoms with van der Waals surface area (Å²) in [6, 6.07) is 7.76. The lowest BCUT2D eigenvalue weighted by Crippen LogP contribution is -2.18. The van der Waals surface area contributed by atoms with Gasteiger partial charge in [0.15, 0.2) is 0 Å². The van der Waals surface area contributed by atoms with Crippen LogP contribution in [0.3, 0.4) is 0 Å². The third kappa shape index (κ3) is 11.0. The number of esters is 1. The minimum atomic E-state index is -4.73. The number of alkyl halides is 6. The zero-order valence-corrected chi connectivity index (χ0v) is 26.5. The number of sulfonamides is 2. The highest BCUT2D eigenvalue weighted by Crippen LogP contribution is 2.33. The maximum absolute atomic E-state index is 12.8. The molecule has 0 aliphatic heterocycles. The zero-order valence-electron chi connectivity index (χ0n) is 24.9. The Morgan fingerprint density at radius 3 is 1.25 bits per heavy atom. The Bertz CT molecular complexity index is 1560. The molecule has 0 aromatic heterocycles. The fourth-order valence-electron chi connectivity index (χ4n) is 3.02. The molecule has 0 spiro atoms. The molecule has 8 nitrogen and oxygen atoms in total. The minimum Gasteiger partial charge on any atom is -0.465 e. The van der Waals surface area contributed by atoms with Gasteiger partial charge in [0.05, 0.1) is 45.0 Å². The number of ether oxygens (including phenoxy) is 1. The molecule has 2 N–H and O–H groups in total. The van der Waals surface area contributed by atoms with Crippen molar-refractivity contribution in [2.45, 2.75) is 63.7 Å². The summed E-state index contributed by atoms with van der Waals surface area (Å²) in [5.41, 5.74) is -3.43. The summed E-state index contributed by atoms with van der Waals surface area (Å²) in [5.74, 6) is -0.933. The summed E-state index contributed by atoms with van der Waals surface area (Å²) in [5, 5.41) is 0. The topological polar surface area (TPSA) is 119 Å². The van der Waals surface area contributed by atoms with Crippen molar-refractivity contribution in [3.63, 3.8) is 0 Å². The Morgan fingerprint density at radius 2 is 0.932 bits per heavy atom. The van der Waals surface area contributed by atoms with Gasteiger partial charge in [-0.2, -0.15) is 26.3 Å². The van der Waals surface area contributed by atoms with Crippen LogP contribution in [0.4, 0.5) is 37.7 Å². The van der Waals surface area contributed by atoms with E-state index in [9.17, 15) is 48.0 Å². The summed E-state index contributed by atoms with van der Waals surface area (Å²) >= 11 is 0. The number of benzene rings is 3. The lowest BCUT2D eigenvalue weighted by Gasteiger charge is -2.16. The van der Waals surface area contributed by atoms with Crippen LogP contribution >= 0.6 is 0 Å². The molecule has 16 heteroatoms. The van der Waals surface area contributed by atoms with Gasteiger partial charge in [0.1, 0.15) is 0 Å². The van der Waals surface area contributed by atoms with Crippen molar-refractivity contribution < 1.29 is 52.7 Å². The van der Waals surface area contributed by atoms with Crippen LogP contribution in [0.1, 0.15) is 63.0 Å². The number of rotatable bonds is 7. The highest BCUT2D eigenvalue weighted by Gasteiger charge is 2.32. The van der Waals surface area contributed by atoms with E-state index in [1.54, 1.807) is 0 Å². The maximum Gasteiger partial charge on any atom is 0.416 e. The van der Waals surface area contributed by atoms with Crippen LogP contribution in [0, 0.1) is 0 Å². The second-order valence-corrected chi connectivity index (χ2v) is 10.9. The van der Waals surface area contributed by atoms with E-state index in [1.807, 2.05) is 51.0 Å². The molecule has 0 radical (unpaired) electrons. The molecular weight excluding hydrogens is 638 g/mol. The van der Waals surface area contributed by atoms with Gasteiger partial charge in [-0.3, -0.25) is 9.44 Å². The van der Waals surface area contributed by atoms with Crippen LogP contribution in [-0.4, -0.2) is 29.9 Å². The van der Waals surface area contributed by atoms with E-state index in [-0.39, 0.29) is 5.56 Å². The van der Waals surface area contributed by atoms with Crippen LogP contribution in [-0.2, 0) is 37.1 Å². The van der Waals surface area contributed by atoms with Crippen molar-refractivity contribution in [3.8, 4) is 0 Å². The average molecular weight is 673 g/mol. The van der Waals surface area contributed by atoms with Gasteiger partial charge < -0.3 is 4.74 Å². The molecule has 44 heavy (non-hydrogen) atoms. The van der Waals surface area contributed by atoms with Crippen molar-refractivity contribution in [2.75, 3.05) is 16.6 Å². The van der Waals surface area contributed by atoms with Crippen LogP contribution in [0.15, 0.2) is 76.5 Å². The van der Waals surface area contributed by atoms with Gasteiger partial charge in [-0.15, -0.1) is 0 Å². The Hall–Kier alpha value is -3.79. The van der Waals surface area contributed by atoms with E-state index in [2.05, 4.69) is 4.74 Å². The normalized spacial score (nSPS) is 11.3. The Labute approximate surface area is 253 Å². The first-order chi connectivity index (χ1) is 20.4. The summed E-state index contributed by atoms with van der Waals surface area (Å²) < 4.78 is 137. The van der Waals surface area contributed by atoms with Crippen LogP contribution in [0.2, 0.25) is 0 Å². The Morgan fingerprint density at radius 1 is 0.591 bits per heavy atom. The quantitative estimate of drug-likeness (QED) is 0.193. The number of nitrogens with one attached hydrogen (secondary N) is 2. The zero-order chi connectivity index (χ0) is 34.5. The molecule has 0 bridgehead atoms. The summed E-state index contributed by atoms with van der Waals surface area (Å²) in [6.07, 6.45) is -9.45. The predicted molar refractivity (Wildman–Crippen MR) is 156 cm³/mol. The second kappa shape index (κ2) is 16.9. The minimum absolute atomic E-state index is 0.227. The second-order valence-electron chi connectivity index (χ2n) is 7.51. The molecule has 0 amide bonds. The van der Waals surface area contributed by atoms with Crippen molar-refractivity contribution in [1.29, 1.82) is 0 Å². The summed E-state index contributed by atoms with van der Waals surface area (Å²) in [6.45, 7) is 12.0. The first kappa shape index (κ1) is 40.2. The summed E-state index contributed by atoms with van der Waals surface area (Å²) in [4.78, 5) is 10.7. The van der Waals surface area contributed by atoms with Gasteiger partial charge in [-0.1, -0.05) is 41.5 Å². The molecule has 0 heterocycles. The number of hydrogen-bond donors (Lipinski definition) is 2. The molecule has 0 saturated carbocycles. The highest BCUT2D eigenvalue weighted by atomic mass is 32.2. The molecule has 0 aliphatic rings. The van der Waals surface area contributed by atoms with Crippen LogP contribution < -0.4 is 9.44 Å². The van der Waals surface area contributed by atoms with E-state index in [4.69, 9.17) is 0 Å². The van der Waals surface area contributed by atoms with Gasteiger partial charge in [0.25, 0.3) is 20.0 Å². The number of anilines is 2. The number of halogens is 6. The van der Waals surface area contributed by atoms with Gasteiger partial charge in [0.2, 0.25) is 0 Å². The van der Waals surface area contributed by atoms with Gasteiger partial charge in [-0.05, 0) is 66.7 Å². The van der Waals surface area contributed by atoms with Crippen molar-refractivity contribution >= 4 is 37.4 Å². The smallest absolute Gasteiger partial charge is 0.416 e. The molecular formula is C28H34F6N2O6S2.